The van der Waals surface area contributed by atoms with Crippen LogP contribution < -0.4 is 5.73 Å². The first-order valence-electron chi connectivity index (χ1n) is 8.92. The fourth-order valence-electron chi connectivity index (χ4n) is 3.65. The van der Waals surface area contributed by atoms with E-state index in [0.717, 1.165) is 4.90 Å². The van der Waals surface area contributed by atoms with Gasteiger partial charge in [-0.2, -0.15) is 5.26 Å². The van der Waals surface area contributed by atoms with Gasteiger partial charge in [0.2, 0.25) is 11.8 Å². The quantitative estimate of drug-likeness (QED) is 0.873. The lowest BCUT2D eigenvalue weighted by atomic mass is 9.89. The second-order valence-corrected chi connectivity index (χ2v) is 7.37. The van der Waals surface area contributed by atoms with Gasteiger partial charge in [-0.15, -0.1) is 0 Å². The number of aromatic nitrogens is 1. The third-order valence-electron chi connectivity index (χ3n) is 4.95. The van der Waals surface area contributed by atoms with Crippen molar-refractivity contribution in [3.05, 3.63) is 41.6 Å². The maximum Gasteiger partial charge on any atom is 0.268 e. The molecule has 0 spiro atoms. The zero-order valence-corrected chi connectivity index (χ0v) is 15.5. The van der Waals surface area contributed by atoms with Gasteiger partial charge in [-0.3, -0.25) is 14.6 Å². The van der Waals surface area contributed by atoms with Crippen LogP contribution in [0.2, 0.25) is 0 Å². The lowest BCUT2D eigenvalue weighted by molar-refractivity contribution is -0.135. The summed E-state index contributed by atoms with van der Waals surface area (Å²) in [5.41, 5.74) is 6.47. The van der Waals surface area contributed by atoms with Crippen LogP contribution in [0.3, 0.4) is 0 Å². The number of halogens is 2. The molecule has 2 N–H and O–H groups in total. The molecule has 3 rings (SSSR count). The third kappa shape index (κ3) is 3.52. The van der Waals surface area contributed by atoms with Crippen molar-refractivity contribution in [2.75, 3.05) is 6.54 Å². The first-order valence-corrected chi connectivity index (χ1v) is 8.92. The molecule has 1 aromatic carbocycles. The van der Waals surface area contributed by atoms with Gasteiger partial charge in [0.1, 0.15) is 6.04 Å². The zero-order chi connectivity index (χ0) is 20.6. The Morgan fingerprint density at radius 2 is 2.04 bits per heavy atom. The Balaban J connectivity index is 2.09. The number of alkyl halides is 2. The van der Waals surface area contributed by atoms with Crippen LogP contribution in [-0.2, 0) is 4.79 Å². The van der Waals surface area contributed by atoms with Crippen molar-refractivity contribution in [2.24, 2.45) is 11.7 Å². The van der Waals surface area contributed by atoms with E-state index in [0.29, 0.717) is 10.9 Å². The van der Waals surface area contributed by atoms with Crippen LogP contribution >= 0.6 is 0 Å². The summed E-state index contributed by atoms with van der Waals surface area (Å²) >= 11 is 0. The van der Waals surface area contributed by atoms with E-state index in [9.17, 15) is 23.6 Å². The van der Waals surface area contributed by atoms with E-state index in [1.807, 2.05) is 0 Å². The highest BCUT2D eigenvalue weighted by atomic mass is 19.3. The predicted octanol–water partition coefficient (Wildman–Crippen LogP) is 2.83. The minimum absolute atomic E-state index is 0.211. The number of primary amides is 1. The molecule has 1 fully saturated rings. The number of benzene rings is 1. The van der Waals surface area contributed by atoms with Crippen LogP contribution in [0.1, 0.15) is 42.2 Å². The van der Waals surface area contributed by atoms with Gasteiger partial charge in [-0.05, 0) is 18.1 Å². The molecule has 2 heterocycles. The summed E-state index contributed by atoms with van der Waals surface area (Å²) in [7, 11) is 0. The normalized spacial score (nSPS) is 19.6. The number of rotatable bonds is 4. The lowest BCUT2D eigenvalue weighted by Gasteiger charge is -2.27. The summed E-state index contributed by atoms with van der Waals surface area (Å²) < 4.78 is 27.6. The molecule has 8 heteroatoms. The largest absolute Gasteiger partial charge is 0.366 e. The zero-order valence-electron chi connectivity index (χ0n) is 15.5. The number of nitriles is 1. The van der Waals surface area contributed by atoms with E-state index in [1.54, 1.807) is 44.2 Å². The van der Waals surface area contributed by atoms with Gasteiger partial charge < -0.3 is 10.6 Å². The number of nitrogens with zero attached hydrogens (tertiary/aromatic N) is 3. The summed E-state index contributed by atoms with van der Waals surface area (Å²) in [5, 5.41) is 9.76. The van der Waals surface area contributed by atoms with Crippen molar-refractivity contribution in [1.29, 1.82) is 5.26 Å². The fourth-order valence-corrected chi connectivity index (χ4v) is 3.65. The topological polar surface area (TPSA) is 100 Å². The minimum Gasteiger partial charge on any atom is -0.366 e. The second-order valence-electron chi connectivity index (χ2n) is 7.37. The predicted molar refractivity (Wildman–Crippen MR) is 98.5 cm³/mol. The average molecular weight is 386 g/mol. The van der Waals surface area contributed by atoms with E-state index in [2.05, 4.69) is 4.98 Å². The number of amides is 2. The third-order valence-corrected chi connectivity index (χ3v) is 4.95. The molecule has 0 saturated carbocycles. The number of nitrogens with two attached hydrogens (primary N) is 1. The Morgan fingerprint density at radius 3 is 2.64 bits per heavy atom. The van der Waals surface area contributed by atoms with Crippen molar-refractivity contribution in [3.8, 4) is 6.07 Å². The number of para-hydroxylation sites is 1. The SMILES string of the molecule is CC(C)[C@H](C(=O)N1CC(F)(F)C[C@H]1C#N)c1cc(C(N)=O)c2ccccc2n1. The molecule has 2 amide bonds. The van der Waals surface area contributed by atoms with Crippen molar-refractivity contribution < 1.29 is 18.4 Å². The van der Waals surface area contributed by atoms with Gasteiger partial charge in [0.15, 0.2) is 0 Å². The Hall–Kier alpha value is -3.08. The lowest BCUT2D eigenvalue weighted by Crippen LogP contribution is -2.41. The smallest absolute Gasteiger partial charge is 0.268 e. The minimum atomic E-state index is -3.10. The number of fused-ring (bicyclic) bond motifs is 1. The standard InChI is InChI=1S/C20H20F2N4O2/c1-11(2)17(19(28)26-10-20(21,22)8-12(26)9-23)16-7-14(18(24)27)13-5-3-4-6-15(13)25-16/h3-7,11-12,17H,8,10H2,1-2H3,(H2,24,27)/t12-,17-/m0/s1. The molecular formula is C20H20F2N4O2. The molecule has 146 valence electrons. The van der Waals surface area contributed by atoms with Gasteiger partial charge in [0.05, 0.1) is 35.3 Å². The highest BCUT2D eigenvalue weighted by molar-refractivity contribution is 6.05. The molecular weight excluding hydrogens is 366 g/mol. The molecule has 6 nitrogen and oxygen atoms in total. The van der Waals surface area contributed by atoms with E-state index in [4.69, 9.17) is 5.73 Å². The molecule has 0 radical (unpaired) electrons. The summed E-state index contributed by atoms with van der Waals surface area (Å²) in [5.74, 6) is -5.55. The first kappa shape index (κ1) is 19.7. The van der Waals surface area contributed by atoms with Gasteiger partial charge in [-0.25, -0.2) is 8.78 Å². The van der Waals surface area contributed by atoms with Crippen LogP contribution in [0, 0.1) is 17.2 Å². The number of likely N-dealkylation sites (tertiary alicyclic amines) is 1. The van der Waals surface area contributed by atoms with Crippen molar-refractivity contribution in [2.45, 2.75) is 38.2 Å². The van der Waals surface area contributed by atoms with Crippen LogP contribution in [0.4, 0.5) is 8.78 Å². The molecule has 0 unspecified atom stereocenters. The number of hydrogen-bond acceptors (Lipinski definition) is 4. The molecule has 0 bridgehead atoms. The van der Waals surface area contributed by atoms with Crippen LogP contribution in [0.5, 0.6) is 0 Å². The van der Waals surface area contributed by atoms with Crippen LogP contribution in [0.15, 0.2) is 30.3 Å². The van der Waals surface area contributed by atoms with E-state index >= 15 is 0 Å². The van der Waals surface area contributed by atoms with Crippen molar-refractivity contribution in [1.82, 2.24) is 9.88 Å². The Kier molecular flexibility index (Phi) is 5.02. The molecule has 0 aliphatic carbocycles. The highest BCUT2D eigenvalue weighted by Gasteiger charge is 2.49. The number of carbonyl (C=O) groups is 2. The molecule has 1 saturated heterocycles. The van der Waals surface area contributed by atoms with E-state index in [-0.39, 0.29) is 17.2 Å². The monoisotopic (exact) mass is 386 g/mol. The number of pyridine rings is 1. The molecule has 28 heavy (non-hydrogen) atoms. The molecule has 1 aliphatic heterocycles. The highest BCUT2D eigenvalue weighted by Crippen LogP contribution is 2.36. The van der Waals surface area contributed by atoms with Gasteiger partial charge in [0.25, 0.3) is 5.92 Å². The first-order chi connectivity index (χ1) is 13.1. The molecule has 2 aromatic rings. The summed E-state index contributed by atoms with van der Waals surface area (Å²) in [6.45, 7) is 2.72. The van der Waals surface area contributed by atoms with E-state index < -0.39 is 42.7 Å². The maximum absolute atomic E-state index is 13.8. The van der Waals surface area contributed by atoms with Crippen molar-refractivity contribution in [3.63, 3.8) is 0 Å². The average Bonchev–Trinajstić information content (AvgIpc) is 2.95. The molecule has 1 aliphatic rings. The van der Waals surface area contributed by atoms with Gasteiger partial charge >= 0.3 is 0 Å². The van der Waals surface area contributed by atoms with Gasteiger partial charge in [-0.1, -0.05) is 32.0 Å². The maximum atomic E-state index is 13.8. The van der Waals surface area contributed by atoms with Crippen LogP contribution in [-0.4, -0.2) is 40.2 Å². The Morgan fingerprint density at radius 1 is 1.36 bits per heavy atom. The Bertz CT molecular complexity index is 984. The van der Waals surface area contributed by atoms with E-state index in [1.165, 1.54) is 6.07 Å². The molecule has 1 aromatic heterocycles. The summed E-state index contributed by atoms with van der Waals surface area (Å²) in [6.07, 6.45) is -0.683. The van der Waals surface area contributed by atoms with Crippen molar-refractivity contribution >= 4 is 22.7 Å². The number of hydrogen-bond donors (Lipinski definition) is 1. The second kappa shape index (κ2) is 7.15. The number of carbonyl (C=O) groups excluding carboxylic acids is 2. The summed E-state index contributed by atoms with van der Waals surface area (Å²) in [4.78, 5) is 30.5. The molecule has 2 atom stereocenters. The van der Waals surface area contributed by atoms with Crippen LogP contribution in [0.25, 0.3) is 10.9 Å². The van der Waals surface area contributed by atoms with Gasteiger partial charge in [0, 0.05) is 11.8 Å². The Labute approximate surface area is 160 Å². The fraction of sp³-hybridized carbons (Fsp3) is 0.400. The summed E-state index contributed by atoms with van der Waals surface area (Å²) in [6, 6.07) is 8.91.